The fourth-order valence-electron chi connectivity index (χ4n) is 3.76. The van der Waals surface area contributed by atoms with E-state index in [-0.39, 0.29) is 18.0 Å². The van der Waals surface area contributed by atoms with E-state index in [1.807, 2.05) is 54.6 Å². The molecule has 1 aliphatic heterocycles. The number of rotatable bonds is 13. The molecule has 0 saturated carbocycles. The maximum absolute atomic E-state index is 13.1. The van der Waals surface area contributed by atoms with Crippen molar-refractivity contribution in [2.24, 2.45) is 16.8 Å². The first-order valence-electron chi connectivity index (χ1n) is 11.8. The lowest BCUT2D eigenvalue weighted by molar-refractivity contribution is -0.119. The molecule has 0 bridgehead atoms. The van der Waals surface area contributed by atoms with Gasteiger partial charge in [0.2, 0.25) is 5.88 Å². The van der Waals surface area contributed by atoms with Crippen LogP contribution in [0, 0.1) is 5.92 Å². The van der Waals surface area contributed by atoms with Gasteiger partial charge in [-0.1, -0.05) is 69.4 Å². The second kappa shape index (κ2) is 12.7. The maximum atomic E-state index is 13.1. The zero-order valence-electron chi connectivity index (χ0n) is 19.7. The number of para-hydroxylation sites is 1. The van der Waals surface area contributed by atoms with Crippen molar-refractivity contribution in [3.8, 4) is 5.75 Å². The summed E-state index contributed by atoms with van der Waals surface area (Å²) in [7, 11) is 1.62. The molecule has 6 nitrogen and oxygen atoms in total. The van der Waals surface area contributed by atoms with Gasteiger partial charge in [-0.15, -0.1) is 0 Å². The topological polar surface area (TPSA) is 77.1 Å². The van der Waals surface area contributed by atoms with Crippen LogP contribution < -0.4 is 15.5 Å². The van der Waals surface area contributed by atoms with Crippen molar-refractivity contribution < 1.29 is 14.3 Å². The van der Waals surface area contributed by atoms with Gasteiger partial charge in [0.05, 0.1) is 19.4 Å². The molecule has 0 radical (unpaired) electrons. The molecule has 3 rings (SSSR count). The van der Waals surface area contributed by atoms with Gasteiger partial charge < -0.3 is 15.2 Å². The molecule has 0 aliphatic carbocycles. The molecule has 1 atom stereocenters. The summed E-state index contributed by atoms with van der Waals surface area (Å²) in [6, 6.07) is 17.2. The van der Waals surface area contributed by atoms with Gasteiger partial charge in [0, 0.05) is 6.42 Å². The number of Topliss-reactive ketones (excluding diaryl/α,β-unsaturated/α-hetero) is 1. The minimum atomic E-state index is -0.619. The van der Waals surface area contributed by atoms with Crippen LogP contribution in [-0.2, 0) is 16.0 Å². The normalized spacial score (nSPS) is 15.6. The van der Waals surface area contributed by atoms with E-state index >= 15 is 0 Å². The molecule has 0 amide bonds. The first kappa shape index (κ1) is 24.4. The molecule has 176 valence electrons. The Balaban J connectivity index is 1.69. The molecule has 1 heterocycles. The van der Waals surface area contributed by atoms with Crippen LogP contribution in [0.5, 0.6) is 5.75 Å². The molecule has 0 fully saturated rings. The predicted molar refractivity (Wildman–Crippen MR) is 133 cm³/mol. The summed E-state index contributed by atoms with van der Waals surface area (Å²) < 4.78 is 11.3. The molecule has 1 unspecified atom stereocenters. The van der Waals surface area contributed by atoms with Gasteiger partial charge in [-0.3, -0.25) is 4.79 Å². The van der Waals surface area contributed by atoms with Crippen LogP contribution in [-0.4, -0.2) is 25.3 Å². The predicted octanol–water partition coefficient (Wildman–Crippen LogP) is 5.43. The first-order valence-corrected chi connectivity index (χ1v) is 11.8. The van der Waals surface area contributed by atoms with Gasteiger partial charge in [0.1, 0.15) is 17.5 Å². The summed E-state index contributed by atoms with van der Waals surface area (Å²) in [5.74, 6) is 0.941. The monoisotopic (exact) mass is 449 g/mol. The number of nitrogens with two attached hydrogens (primary N) is 1. The second-order valence-electron chi connectivity index (χ2n) is 8.26. The van der Waals surface area contributed by atoms with Gasteiger partial charge in [-0.05, 0) is 42.3 Å². The minimum Gasteiger partial charge on any atom is -0.497 e. The van der Waals surface area contributed by atoms with Gasteiger partial charge >= 0.3 is 0 Å². The van der Waals surface area contributed by atoms with E-state index in [4.69, 9.17) is 15.2 Å². The molecule has 2 aromatic rings. The number of ketones is 1. The van der Waals surface area contributed by atoms with Crippen LogP contribution in [0.25, 0.3) is 0 Å². The molecule has 2 N–H and O–H groups in total. The van der Waals surface area contributed by atoms with Gasteiger partial charge in [0.15, 0.2) is 5.78 Å². The molecule has 6 heteroatoms. The third-order valence-corrected chi connectivity index (χ3v) is 5.68. The highest BCUT2D eigenvalue weighted by molar-refractivity contribution is 6.06. The maximum Gasteiger partial charge on any atom is 0.212 e. The Bertz CT molecular complexity index is 939. The van der Waals surface area contributed by atoms with E-state index in [0.29, 0.717) is 12.5 Å². The number of unbranched alkanes of at least 4 members (excludes halogenated alkanes) is 5. The van der Waals surface area contributed by atoms with Crippen molar-refractivity contribution in [3.05, 3.63) is 72.1 Å². The van der Waals surface area contributed by atoms with Gasteiger partial charge in [0.25, 0.3) is 0 Å². The quantitative estimate of drug-likeness (QED) is 0.412. The van der Waals surface area contributed by atoms with Crippen molar-refractivity contribution >= 4 is 17.3 Å². The van der Waals surface area contributed by atoms with E-state index in [2.05, 4.69) is 12.0 Å². The molecular weight excluding hydrogens is 414 g/mol. The number of ether oxygens (including phenoxy) is 2. The average Bonchev–Trinajstić information content (AvgIpc) is 2.85. The van der Waals surface area contributed by atoms with E-state index in [1.165, 1.54) is 25.7 Å². The standard InChI is InChI=1S/C27H35N3O3/c1-3-4-5-6-7-11-18-33-26-20-24(25(31)19-21-14-16-23(32-2)17-15-21)27(28)29-30(26)22-12-9-8-10-13-22/h8-10,12-17,20,24H,3-7,11,18-19H2,1-2H3,(H2,28,29). The number of methoxy groups -OCH3 is 1. The van der Waals surface area contributed by atoms with Gasteiger partial charge in [-0.2, -0.15) is 10.1 Å². The lowest BCUT2D eigenvalue weighted by atomic mass is 9.96. The second-order valence-corrected chi connectivity index (χ2v) is 8.26. The summed E-state index contributed by atoms with van der Waals surface area (Å²) in [4.78, 5) is 13.1. The Morgan fingerprint density at radius 1 is 1.00 bits per heavy atom. The molecule has 2 aromatic carbocycles. The number of benzene rings is 2. The number of hydrazone groups is 1. The van der Waals surface area contributed by atoms with E-state index in [9.17, 15) is 4.79 Å². The largest absolute Gasteiger partial charge is 0.497 e. The molecule has 0 saturated heterocycles. The Hall–Kier alpha value is -3.28. The first-order chi connectivity index (χ1) is 16.1. The number of carbonyl (C=O) groups is 1. The van der Waals surface area contributed by atoms with Crippen LogP contribution in [0.15, 0.2) is 71.7 Å². The van der Waals surface area contributed by atoms with Crippen molar-refractivity contribution in [2.75, 3.05) is 18.7 Å². The Morgan fingerprint density at radius 3 is 2.39 bits per heavy atom. The summed E-state index contributed by atoms with van der Waals surface area (Å²) in [5.41, 5.74) is 8.01. The van der Waals surface area contributed by atoms with Crippen molar-refractivity contribution in [1.29, 1.82) is 0 Å². The van der Waals surface area contributed by atoms with E-state index < -0.39 is 5.92 Å². The highest BCUT2D eigenvalue weighted by Crippen LogP contribution is 2.27. The van der Waals surface area contributed by atoms with Crippen molar-refractivity contribution in [2.45, 2.75) is 51.9 Å². The number of amidine groups is 1. The highest BCUT2D eigenvalue weighted by atomic mass is 16.5. The Labute approximate surface area is 197 Å². The van der Waals surface area contributed by atoms with Crippen LogP contribution in [0.4, 0.5) is 5.69 Å². The molecule has 1 aliphatic rings. The highest BCUT2D eigenvalue weighted by Gasteiger charge is 2.29. The molecule has 33 heavy (non-hydrogen) atoms. The van der Waals surface area contributed by atoms with Crippen molar-refractivity contribution in [1.82, 2.24) is 0 Å². The summed E-state index contributed by atoms with van der Waals surface area (Å²) in [6.45, 7) is 2.80. The van der Waals surface area contributed by atoms with E-state index in [0.717, 1.165) is 29.8 Å². The fraction of sp³-hybridized carbons (Fsp3) is 0.407. The zero-order valence-corrected chi connectivity index (χ0v) is 19.7. The smallest absolute Gasteiger partial charge is 0.212 e. The summed E-state index contributed by atoms with van der Waals surface area (Å²) in [6.07, 6.45) is 9.15. The van der Waals surface area contributed by atoms with Crippen LogP contribution in [0.1, 0.15) is 51.0 Å². The molecule has 0 spiro atoms. The lowest BCUT2D eigenvalue weighted by Gasteiger charge is -2.28. The number of hydrogen-bond acceptors (Lipinski definition) is 6. The number of carbonyl (C=O) groups excluding carboxylic acids is 1. The van der Waals surface area contributed by atoms with E-state index in [1.54, 1.807) is 18.2 Å². The fourth-order valence-corrected chi connectivity index (χ4v) is 3.76. The molecule has 0 aromatic heterocycles. The van der Waals surface area contributed by atoms with Crippen LogP contribution >= 0.6 is 0 Å². The Morgan fingerprint density at radius 2 is 1.70 bits per heavy atom. The Kier molecular flexibility index (Phi) is 9.36. The number of hydrogen-bond donors (Lipinski definition) is 1. The summed E-state index contributed by atoms with van der Waals surface area (Å²) >= 11 is 0. The number of nitrogens with zero attached hydrogens (tertiary/aromatic N) is 2. The number of anilines is 1. The minimum absolute atomic E-state index is 0.0187. The molecular formula is C27H35N3O3. The average molecular weight is 450 g/mol. The van der Waals surface area contributed by atoms with Crippen LogP contribution in [0.3, 0.4) is 0 Å². The third-order valence-electron chi connectivity index (χ3n) is 5.68. The van der Waals surface area contributed by atoms with Crippen molar-refractivity contribution in [3.63, 3.8) is 0 Å². The van der Waals surface area contributed by atoms with Gasteiger partial charge in [-0.25, -0.2) is 0 Å². The lowest BCUT2D eigenvalue weighted by Crippen LogP contribution is -2.38. The summed E-state index contributed by atoms with van der Waals surface area (Å²) in [5, 5.41) is 6.22. The van der Waals surface area contributed by atoms with Crippen LogP contribution in [0.2, 0.25) is 0 Å². The zero-order chi connectivity index (χ0) is 23.5. The third kappa shape index (κ3) is 7.11. The SMILES string of the molecule is CCCCCCCCOC1=CC(C(=O)Cc2ccc(OC)cc2)C(N)=NN1c1ccccc1.